The molecule has 0 aliphatic carbocycles. The van der Waals surface area contributed by atoms with Crippen molar-refractivity contribution in [1.29, 1.82) is 0 Å². The van der Waals surface area contributed by atoms with Crippen LogP contribution < -0.4 is 16.2 Å². The van der Waals surface area contributed by atoms with Gasteiger partial charge in [-0.2, -0.15) is 4.98 Å². The first kappa shape index (κ1) is 14.4. The number of nitrogens with zero attached hydrogens (tertiary/aromatic N) is 4. The van der Waals surface area contributed by atoms with E-state index in [2.05, 4.69) is 15.4 Å². The van der Waals surface area contributed by atoms with Crippen molar-refractivity contribution in [2.45, 2.75) is 25.9 Å². The number of anilines is 2. The molecule has 1 aliphatic rings. The fourth-order valence-corrected chi connectivity index (χ4v) is 2.20. The molecule has 9 heteroatoms. The molecule has 0 spiro atoms. The summed E-state index contributed by atoms with van der Waals surface area (Å²) in [4.78, 5) is 20.3. The van der Waals surface area contributed by atoms with Crippen molar-refractivity contribution in [2.75, 3.05) is 30.0 Å². The second kappa shape index (κ2) is 6.44. The quantitative estimate of drug-likeness (QED) is 0.444. The molecular formula is C11H18N6O3. The first-order valence-corrected chi connectivity index (χ1v) is 6.50. The van der Waals surface area contributed by atoms with Gasteiger partial charge in [0, 0.05) is 19.7 Å². The summed E-state index contributed by atoms with van der Waals surface area (Å²) in [6, 6.07) is 0. The van der Waals surface area contributed by atoms with Gasteiger partial charge < -0.3 is 9.64 Å². The topological polar surface area (TPSA) is 119 Å². The molecular weight excluding hydrogens is 264 g/mol. The third kappa shape index (κ3) is 3.11. The monoisotopic (exact) mass is 282 g/mol. The van der Waals surface area contributed by atoms with E-state index in [1.165, 1.54) is 0 Å². The van der Waals surface area contributed by atoms with E-state index in [1.54, 1.807) is 0 Å². The molecule has 1 atom stereocenters. The molecule has 0 aromatic carbocycles. The molecule has 1 aromatic rings. The molecule has 1 aliphatic heterocycles. The predicted molar refractivity (Wildman–Crippen MR) is 73.4 cm³/mol. The van der Waals surface area contributed by atoms with Crippen LogP contribution in [0.1, 0.15) is 19.8 Å². The van der Waals surface area contributed by atoms with E-state index in [-0.39, 0.29) is 23.6 Å². The fraction of sp³-hybridized carbons (Fsp3) is 0.636. The van der Waals surface area contributed by atoms with E-state index in [9.17, 15) is 10.1 Å². The Labute approximate surface area is 116 Å². The lowest BCUT2D eigenvalue weighted by Crippen LogP contribution is -2.33. The lowest BCUT2D eigenvalue weighted by atomic mass is 10.2. The van der Waals surface area contributed by atoms with Crippen LogP contribution >= 0.6 is 0 Å². The zero-order chi connectivity index (χ0) is 14.5. The highest BCUT2D eigenvalue weighted by Crippen LogP contribution is 2.27. The maximum absolute atomic E-state index is 11.1. The second-order valence-electron chi connectivity index (χ2n) is 4.48. The van der Waals surface area contributed by atoms with E-state index in [4.69, 9.17) is 10.6 Å². The number of rotatable bonds is 6. The minimum atomic E-state index is -0.492. The largest absolute Gasteiger partial charge is 0.376 e. The van der Waals surface area contributed by atoms with Gasteiger partial charge in [0.1, 0.15) is 6.20 Å². The van der Waals surface area contributed by atoms with Crippen LogP contribution in [0.5, 0.6) is 0 Å². The molecule has 0 saturated carbocycles. The van der Waals surface area contributed by atoms with Crippen LogP contribution in [-0.2, 0) is 4.74 Å². The highest BCUT2D eigenvalue weighted by Gasteiger charge is 2.25. The summed E-state index contributed by atoms with van der Waals surface area (Å²) in [5, 5.41) is 11.1. The number of hydrazine groups is 1. The Hall–Kier alpha value is -2.00. The zero-order valence-electron chi connectivity index (χ0n) is 11.3. The molecule has 1 aromatic heterocycles. The van der Waals surface area contributed by atoms with Gasteiger partial charge in [-0.05, 0) is 19.8 Å². The molecule has 0 radical (unpaired) electrons. The van der Waals surface area contributed by atoms with Crippen LogP contribution in [0.2, 0.25) is 0 Å². The number of nitrogens with two attached hydrogens (primary N) is 1. The third-order valence-corrected chi connectivity index (χ3v) is 3.21. The van der Waals surface area contributed by atoms with Gasteiger partial charge in [-0.15, -0.1) is 0 Å². The molecule has 0 bridgehead atoms. The highest BCUT2D eigenvalue weighted by molar-refractivity contribution is 5.58. The van der Waals surface area contributed by atoms with Crippen molar-refractivity contribution in [3.8, 4) is 0 Å². The number of ether oxygens (including phenoxy) is 1. The summed E-state index contributed by atoms with van der Waals surface area (Å²) in [6.45, 7) is 3.81. The molecule has 9 nitrogen and oxygen atoms in total. The summed E-state index contributed by atoms with van der Waals surface area (Å²) in [5.74, 6) is 5.67. The van der Waals surface area contributed by atoms with Gasteiger partial charge in [-0.25, -0.2) is 10.8 Å². The fourth-order valence-electron chi connectivity index (χ4n) is 2.20. The predicted octanol–water partition coefficient (Wildman–Crippen LogP) is 0.676. The van der Waals surface area contributed by atoms with E-state index in [0.29, 0.717) is 13.1 Å². The molecule has 2 rings (SSSR count). The standard InChI is InChI=1S/C11H18N6O3/c1-2-16(7-8-4-3-5-20-8)10-9(17(18)19)6-13-11(14-10)15-12/h6,8H,2-5,7,12H2,1H3,(H,13,14,15). The average molecular weight is 282 g/mol. The van der Waals surface area contributed by atoms with Gasteiger partial charge in [-0.1, -0.05) is 0 Å². The van der Waals surface area contributed by atoms with Crippen molar-refractivity contribution < 1.29 is 9.66 Å². The minimum absolute atomic E-state index is 0.0822. The number of hydrogen-bond donors (Lipinski definition) is 2. The van der Waals surface area contributed by atoms with Crippen LogP contribution in [-0.4, -0.2) is 40.7 Å². The second-order valence-corrected chi connectivity index (χ2v) is 4.48. The van der Waals surface area contributed by atoms with E-state index in [1.807, 2.05) is 11.8 Å². The van der Waals surface area contributed by atoms with Crippen LogP contribution in [0.3, 0.4) is 0 Å². The summed E-state index contributed by atoms with van der Waals surface area (Å²) in [5.41, 5.74) is 2.17. The number of nitrogens with one attached hydrogen (secondary N) is 1. The van der Waals surface area contributed by atoms with Crippen molar-refractivity contribution in [3.05, 3.63) is 16.3 Å². The Morgan fingerprint density at radius 3 is 3.05 bits per heavy atom. The third-order valence-electron chi connectivity index (χ3n) is 3.21. The van der Waals surface area contributed by atoms with Gasteiger partial charge >= 0.3 is 5.69 Å². The number of hydrogen-bond acceptors (Lipinski definition) is 8. The van der Waals surface area contributed by atoms with E-state index >= 15 is 0 Å². The summed E-state index contributed by atoms with van der Waals surface area (Å²) >= 11 is 0. The molecule has 1 fully saturated rings. The van der Waals surface area contributed by atoms with E-state index in [0.717, 1.165) is 25.6 Å². The van der Waals surface area contributed by atoms with Crippen molar-refractivity contribution in [1.82, 2.24) is 9.97 Å². The molecule has 3 N–H and O–H groups in total. The van der Waals surface area contributed by atoms with Gasteiger partial charge in [0.2, 0.25) is 11.8 Å². The first-order chi connectivity index (χ1) is 9.65. The minimum Gasteiger partial charge on any atom is -0.376 e. The maximum atomic E-state index is 11.1. The van der Waals surface area contributed by atoms with Crippen molar-refractivity contribution in [3.63, 3.8) is 0 Å². The van der Waals surface area contributed by atoms with Crippen LogP contribution in [0.4, 0.5) is 17.5 Å². The maximum Gasteiger partial charge on any atom is 0.329 e. The Morgan fingerprint density at radius 1 is 1.70 bits per heavy atom. The Bertz CT molecular complexity index is 477. The van der Waals surface area contributed by atoms with Crippen LogP contribution in [0, 0.1) is 10.1 Å². The van der Waals surface area contributed by atoms with E-state index < -0.39 is 4.92 Å². The molecule has 20 heavy (non-hydrogen) atoms. The number of aromatic nitrogens is 2. The Kier molecular flexibility index (Phi) is 4.64. The normalized spacial score (nSPS) is 18.0. The van der Waals surface area contributed by atoms with Gasteiger partial charge in [0.25, 0.3) is 0 Å². The molecule has 0 amide bonds. The summed E-state index contributed by atoms with van der Waals surface area (Å²) in [7, 11) is 0. The lowest BCUT2D eigenvalue weighted by Gasteiger charge is -2.24. The Morgan fingerprint density at radius 2 is 2.50 bits per heavy atom. The van der Waals surface area contributed by atoms with Crippen molar-refractivity contribution in [2.24, 2.45) is 5.84 Å². The summed E-state index contributed by atoms with van der Waals surface area (Å²) < 4.78 is 5.57. The SMILES string of the molecule is CCN(CC1CCCO1)c1nc(NN)ncc1[N+](=O)[O-]. The molecule has 1 saturated heterocycles. The van der Waals surface area contributed by atoms with Crippen LogP contribution in [0.15, 0.2) is 6.20 Å². The number of nitro groups is 1. The number of nitrogen functional groups attached to an aromatic ring is 1. The van der Waals surface area contributed by atoms with Crippen LogP contribution in [0.25, 0.3) is 0 Å². The van der Waals surface area contributed by atoms with Gasteiger partial charge in [-0.3, -0.25) is 15.5 Å². The Balaban J connectivity index is 2.27. The lowest BCUT2D eigenvalue weighted by molar-refractivity contribution is -0.384. The average Bonchev–Trinajstić information content (AvgIpc) is 2.97. The summed E-state index contributed by atoms with van der Waals surface area (Å²) in [6.07, 6.45) is 3.22. The first-order valence-electron chi connectivity index (χ1n) is 6.50. The smallest absolute Gasteiger partial charge is 0.329 e. The van der Waals surface area contributed by atoms with Gasteiger partial charge in [0.15, 0.2) is 0 Å². The highest BCUT2D eigenvalue weighted by atomic mass is 16.6. The van der Waals surface area contributed by atoms with Crippen molar-refractivity contribution >= 4 is 17.5 Å². The molecule has 1 unspecified atom stereocenters. The molecule has 110 valence electrons. The van der Waals surface area contributed by atoms with Gasteiger partial charge in [0.05, 0.1) is 11.0 Å². The number of likely N-dealkylation sites (N-methyl/N-ethyl adjacent to an activating group) is 1. The zero-order valence-corrected chi connectivity index (χ0v) is 11.3. The molecule has 2 heterocycles.